The minimum absolute atomic E-state index is 0.0721. The predicted molar refractivity (Wildman–Crippen MR) is 56.7 cm³/mol. The van der Waals surface area contributed by atoms with Gasteiger partial charge in [0.2, 0.25) is 0 Å². The van der Waals surface area contributed by atoms with Crippen LogP contribution in [-0.2, 0) is 0 Å². The van der Waals surface area contributed by atoms with Crippen molar-refractivity contribution in [2.24, 2.45) is 0 Å². The molecule has 0 bridgehead atoms. The van der Waals surface area contributed by atoms with Crippen LogP contribution in [0, 0.1) is 0 Å². The Bertz CT molecular complexity index is 344. The zero-order valence-electron chi connectivity index (χ0n) is 8.98. The third kappa shape index (κ3) is 3.42. The summed E-state index contributed by atoms with van der Waals surface area (Å²) < 4.78 is 4.85. The van der Waals surface area contributed by atoms with E-state index in [2.05, 4.69) is 0 Å². The van der Waals surface area contributed by atoms with Crippen molar-refractivity contribution in [3.05, 3.63) is 29.3 Å². The van der Waals surface area contributed by atoms with E-state index in [0.29, 0.717) is 12.0 Å². The fourth-order valence-corrected chi connectivity index (χ4v) is 0.959. The second-order valence-electron chi connectivity index (χ2n) is 2.38. The van der Waals surface area contributed by atoms with Crippen molar-refractivity contribution in [2.75, 3.05) is 7.11 Å². The van der Waals surface area contributed by atoms with Crippen LogP contribution in [0.3, 0.4) is 0 Å². The third-order valence-electron chi connectivity index (χ3n) is 1.60. The van der Waals surface area contributed by atoms with Crippen LogP contribution in [0.2, 0.25) is 0 Å². The monoisotopic (exact) mass is 210 g/mol. The second-order valence-corrected chi connectivity index (χ2v) is 2.38. The highest BCUT2D eigenvalue weighted by Crippen LogP contribution is 2.17. The number of rotatable bonds is 3. The van der Waals surface area contributed by atoms with E-state index in [1.54, 1.807) is 0 Å². The highest BCUT2D eigenvalue weighted by Gasteiger charge is 2.07. The van der Waals surface area contributed by atoms with Gasteiger partial charge in [-0.3, -0.25) is 4.79 Å². The first-order valence-corrected chi connectivity index (χ1v) is 4.55. The van der Waals surface area contributed by atoms with Crippen molar-refractivity contribution in [2.45, 2.75) is 13.8 Å². The first-order valence-electron chi connectivity index (χ1n) is 4.55. The molecule has 1 aromatic rings. The second kappa shape index (κ2) is 6.59. The Morgan fingerprint density at radius 2 is 2.00 bits per heavy atom. The van der Waals surface area contributed by atoms with Gasteiger partial charge in [-0.25, -0.2) is 4.79 Å². The number of carboxylic acids is 1. The zero-order valence-corrected chi connectivity index (χ0v) is 8.98. The van der Waals surface area contributed by atoms with Crippen LogP contribution in [0.25, 0.3) is 0 Å². The number of aromatic carboxylic acids is 1. The van der Waals surface area contributed by atoms with Gasteiger partial charge in [0.15, 0.2) is 6.29 Å². The maximum atomic E-state index is 10.5. The topological polar surface area (TPSA) is 63.6 Å². The lowest BCUT2D eigenvalue weighted by Gasteiger charge is -2.03. The van der Waals surface area contributed by atoms with Gasteiger partial charge in [-0.1, -0.05) is 13.8 Å². The van der Waals surface area contributed by atoms with Gasteiger partial charge in [-0.2, -0.15) is 0 Å². The first-order chi connectivity index (χ1) is 7.19. The highest BCUT2D eigenvalue weighted by atomic mass is 16.5. The van der Waals surface area contributed by atoms with Gasteiger partial charge in [0.25, 0.3) is 0 Å². The third-order valence-corrected chi connectivity index (χ3v) is 1.60. The van der Waals surface area contributed by atoms with Crippen LogP contribution in [0.15, 0.2) is 18.2 Å². The number of ether oxygens (including phenoxy) is 1. The summed E-state index contributed by atoms with van der Waals surface area (Å²) in [5.74, 6) is -0.689. The maximum Gasteiger partial charge on any atom is 0.335 e. The molecule has 0 aliphatic carbocycles. The summed E-state index contributed by atoms with van der Waals surface area (Å²) in [6.07, 6.45) is 0.561. The molecule has 0 radical (unpaired) electrons. The number of benzene rings is 1. The van der Waals surface area contributed by atoms with Crippen molar-refractivity contribution >= 4 is 12.3 Å². The summed E-state index contributed by atoms with van der Waals surface area (Å²) in [6, 6.07) is 4.11. The van der Waals surface area contributed by atoms with Crippen LogP contribution in [0.5, 0.6) is 5.75 Å². The zero-order chi connectivity index (χ0) is 11.8. The number of aldehydes is 1. The Kier molecular flexibility index (Phi) is 5.78. The summed E-state index contributed by atoms with van der Waals surface area (Å²) in [5.41, 5.74) is 0.310. The SMILES string of the molecule is CC.COc1ccc(C(=O)O)cc1C=O. The molecule has 0 amide bonds. The fraction of sp³-hybridized carbons (Fsp3) is 0.273. The molecule has 4 heteroatoms. The van der Waals surface area contributed by atoms with E-state index in [1.165, 1.54) is 25.3 Å². The molecule has 0 atom stereocenters. The van der Waals surface area contributed by atoms with E-state index in [9.17, 15) is 9.59 Å². The van der Waals surface area contributed by atoms with Crippen LogP contribution in [-0.4, -0.2) is 24.5 Å². The number of carbonyl (C=O) groups excluding carboxylic acids is 1. The van der Waals surface area contributed by atoms with E-state index >= 15 is 0 Å². The van der Waals surface area contributed by atoms with Crippen LogP contribution in [0.1, 0.15) is 34.6 Å². The normalized spacial score (nSPS) is 8.47. The smallest absolute Gasteiger partial charge is 0.335 e. The van der Waals surface area contributed by atoms with Crippen molar-refractivity contribution in [1.29, 1.82) is 0 Å². The minimum atomic E-state index is -1.06. The number of carbonyl (C=O) groups is 2. The number of hydrogen-bond donors (Lipinski definition) is 1. The van der Waals surface area contributed by atoms with Crippen LogP contribution < -0.4 is 4.74 Å². The summed E-state index contributed by atoms with van der Waals surface area (Å²) in [6.45, 7) is 4.00. The molecule has 0 saturated heterocycles. The molecule has 0 fully saturated rings. The van der Waals surface area contributed by atoms with E-state index in [0.717, 1.165) is 0 Å². The van der Waals surface area contributed by atoms with Gasteiger partial charge in [0.1, 0.15) is 5.75 Å². The lowest BCUT2D eigenvalue weighted by Crippen LogP contribution is -1.98. The molecule has 0 unspecified atom stereocenters. The average molecular weight is 210 g/mol. The lowest BCUT2D eigenvalue weighted by atomic mass is 10.1. The Hall–Kier alpha value is -1.84. The summed E-state index contributed by atoms with van der Waals surface area (Å²) in [5, 5.41) is 8.61. The Labute approximate surface area is 88.5 Å². The van der Waals surface area contributed by atoms with Gasteiger partial charge in [-0.15, -0.1) is 0 Å². The molecular weight excluding hydrogens is 196 g/mol. The van der Waals surface area contributed by atoms with Gasteiger partial charge >= 0.3 is 5.97 Å². The first kappa shape index (κ1) is 13.2. The molecule has 0 heterocycles. The molecule has 82 valence electrons. The maximum absolute atomic E-state index is 10.5. The largest absolute Gasteiger partial charge is 0.496 e. The van der Waals surface area contributed by atoms with E-state index in [-0.39, 0.29) is 11.1 Å². The molecule has 4 nitrogen and oxygen atoms in total. The van der Waals surface area contributed by atoms with Crippen molar-refractivity contribution in [1.82, 2.24) is 0 Å². The molecular formula is C11H14O4. The van der Waals surface area contributed by atoms with Gasteiger partial charge in [-0.05, 0) is 18.2 Å². The average Bonchev–Trinajstić information content (AvgIpc) is 2.30. The molecule has 0 aliphatic rings. The van der Waals surface area contributed by atoms with E-state index in [1.807, 2.05) is 13.8 Å². The number of carboxylic acid groups (broad SMARTS) is 1. The molecule has 0 spiro atoms. The standard InChI is InChI=1S/C9H8O4.C2H6/c1-13-8-3-2-6(9(11)12)4-7(8)5-10;1-2/h2-5H,1H3,(H,11,12);1-2H3. The molecule has 1 rings (SSSR count). The van der Waals surface area contributed by atoms with Crippen molar-refractivity contribution < 1.29 is 19.4 Å². The fourth-order valence-electron chi connectivity index (χ4n) is 0.959. The summed E-state index contributed by atoms with van der Waals surface area (Å²) in [4.78, 5) is 21.0. The minimum Gasteiger partial charge on any atom is -0.496 e. The Balaban J connectivity index is 0.000000921. The Morgan fingerprint density at radius 1 is 1.40 bits per heavy atom. The lowest BCUT2D eigenvalue weighted by molar-refractivity contribution is 0.0697. The molecule has 1 N–H and O–H groups in total. The van der Waals surface area contributed by atoms with Gasteiger partial charge in [0.05, 0.1) is 18.2 Å². The van der Waals surface area contributed by atoms with Gasteiger partial charge in [0, 0.05) is 0 Å². The number of methoxy groups -OCH3 is 1. The summed E-state index contributed by atoms with van der Waals surface area (Å²) in [7, 11) is 1.42. The number of hydrogen-bond acceptors (Lipinski definition) is 3. The predicted octanol–water partition coefficient (Wildman–Crippen LogP) is 2.23. The van der Waals surface area contributed by atoms with Crippen molar-refractivity contribution in [3.63, 3.8) is 0 Å². The van der Waals surface area contributed by atoms with E-state index < -0.39 is 5.97 Å². The van der Waals surface area contributed by atoms with Crippen molar-refractivity contribution in [3.8, 4) is 5.75 Å². The quantitative estimate of drug-likeness (QED) is 0.777. The molecule has 0 saturated carbocycles. The molecule has 0 aliphatic heterocycles. The molecule has 0 aromatic heterocycles. The van der Waals surface area contributed by atoms with Crippen LogP contribution in [0.4, 0.5) is 0 Å². The van der Waals surface area contributed by atoms with E-state index in [4.69, 9.17) is 9.84 Å². The molecule has 1 aromatic carbocycles. The Morgan fingerprint density at radius 3 is 2.40 bits per heavy atom. The molecule has 15 heavy (non-hydrogen) atoms. The highest BCUT2D eigenvalue weighted by molar-refractivity contribution is 5.91. The summed E-state index contributed by atoms with van der Waals surface area (Å²) >= 11 is 0. The van der Waals surface area contributed by atoms with Crippen LogP contribution >= 0.6 is 0 Å². The van der Waals surface area contributed by atoms with Gasteiger partial charge < -0.3 is 9.84 Å².